The lowest BCUT2D eigenvalue weighted by Gasteiger charge is -2.52. The lowest BCUT2D eigenvalue weighted by molar-refractivity contribution is 0.195. The maximum absolute atomic E-state index is 7.84. The van der Waals surface area contributed by atoms with E-state index < -0.39 is 0 Å². The fourth-order valence-corrected chi connectivity index (χ4v) is 15.7. The Morgan fingerprint density at radius 3 is 1.76 bits per heavy atom. The first-order valence-corrected chi connectivity index (χ1v) is 29.9. The molecule has 8 aromatic rings. The molecule has 3 heteroatoms. The van der Waals surface area contributed by atoms with Crippen LogP contribution in [-0.4, -0.2) is 12.3 Å². The van der Waals surface area contributed by atoms with Crippen molar-refractivity contribution in [2.75, 3.05) is 4.90 Å². The molecule has 13 rings (SSSR count). The van der Waals surface area contributed by atoms with Gasteiger partial charge < -0.3 is 9.32 Å². The van der Waals surface area contributed by atoms with Crippen LogP contribution in [0, 0.1) is 0 Å². The van der Waals surface area contributed by atoms with Gasteiger partial charge in [0.15, 0.2) is 0 Å². The standard InChI is InChI=1S/C75H84BNO/c1-69(2,3)52-29-23-46(24-30-52)39-55(48-25-31-53(32-26-48)70(4,5)6)51-40-57-64(49-27-33-54(34-28-49)71(7,8)9)65-56-44-58-59(73(12,13)38-37-72(58,10)11)45-63(56)78-68(65)76-61-42-50(47-21-17-16-18-22-47)41-60-67(61)77(62(43-51)66(57)76)75(15)36-20-19-35-74(60,75)14/h16-18,21-34,40-45,55,64H,19-20,35-39H2,1-15H3. The second-order valence-corrected chi connectivity index (χ2v) is 29.9. The van der Waals surface area contributed by atoms with Crippen molar-refractivity contribution in [3.05, 3.63) is 206 Å². The van der Waals surface area contributed by atoms with Gasteiger partial charge in [-0.3, -0.25) is 0 Å². The summed E-state index contributed by atoms with van der Waals surface area (Å²) in [7, 11) is 0. The second-order valence-electron chi connectivity index (χ2n) is 29.9. The van der Waals surface area contributed by atoms with Gasteiger partial charge in [-0.25, -0.2) is 0 Å². The van der Waals surface area contributed by atoms with Crippen molar-refractivity contribution in [1.82, 2.24) is 0 Å². The molecule has 1 aromatic heterocycles. The molecular weight excluding hydrogens is 942 g/mol. The molecule has 2 nitrogen and oxygen atoms in total. The highest BCUT2D eigenvalue weighted by Gasteiger charge is 2.62. The summed E-state index contributed by atoms with van der Waals surface area (Å²) >= 11 is 0. The molecule has 4 unspecified atom stereocenters. The number of hydrogen-bond donors (Lipinski definition) is 0. The highest BCUT2D eigenvalue weighted by Crippen LogP contribution is 2.63. The molecule has 4 heterocycles. The van der Waals surface area contributed by atoms with E-state index in [1.165, 1.54) is 125 Å². The maximum atomic E-state index is 7.84. The summed E-state index contributed by atoms with van der Waals surface area (Å²) in [6.45, 7) is 36.1. The summed E-state index contributed by atoms with van der Waals surface area (Å²) in [6, 6.07) is 56.2. The van der Waals surface area contributed by atoms with E-state index in [2.05, 4.69) is 248 Å². The van der Waals surface area contributed by atoms with E-state index in [1.54, 1.807) is 0 Å². The van der Waals surface area contributed by atoms with Crippen LogP contribution in [0.5, 0.6) is 0 Å². The zero-order valence-corrected chi connectivity index (χ0v) is 49.8. The third-order valence-corrected chi connectivity index (χ3v) is 20.9. The zero-order chi connectivity index (χ0) is 54.9. The van der Waals surface area contributed by atoms with Crippen LogP contribution in [-0.2, 0) is 38.9 Å². The maximum Gasteiger partial charge on any atom is 0.292 e. The van der Waals surface area contributed by atoms with Crippen molar-refractivity contribution < 1.29 is 4.42 Å². The molecule has 0 spiro atoms. The number of rotatable bonds is 6. The van der Waals surface area contributed by atoms with Crippen LogP contribution in [0.15, 0.2) is 144 Å². The Bertz CT molecular complexity index is 3680. The van der Waals surface area contributed by atoms with Gasteiger partial charge in [0.2, 0.25) is 0 Å². The molecule has 0 saturated heterocycles. The van der Waals surface area contributed by atoms with E-state index in [4.69, 9.17) is 4.42 Å². The summed E-state index contributed by atoms with van der Waals surface area (Å²) in [5.41, 5.74) is 27.3. The van der Waals surface area contributed by atoms with Gasteiger partial charge >= 0.3 is 0 Å². The SMILES string of the molecule is CC(C)(C)c1ccc(CC(c2ccc(C(C)(C)C)cc2)c2cc3c4c(c2)N2c5c(cc(-c6ccccc6)cc5C5(C)CCCCC25C)B4c2oc4cc5c(cc4c2C3c2ccc(C(C)(C)C)cc2)C(C)(C)CCC5(C)C)cc1. The van der Waals surface area contributed by atoms with E-state index in [9.17, 15) is 0 Å². The number of fused-ring (bicyclic) bond motifs is 10. The Morgan fingerprint density at radius 2 is 1.14 bits per heavy atom. The third kappa shape index (κ3) is 7.76. The van der Waals surface area contributed by atoms with E-state index in [1.807, 2.05) is 0 Å². The number of hydrogen-bond acceptors (Lipinski definition) is 2. The Kier molecular flexibility index (Phi) is 11.3. The molecule has 0 amide bonds. The summed E-state index contributed by atoms with van der Waals surface area (Å²) < 4.78 is 7.84. The highest BCUT2D eigenvalue weighted by atomic mass is 16.3. The molecule has 2 aliphatic carbocycles. The predicted octanol–water partition coefficient (Wildman–Crippen LogP) is 17.8. The van der Waals surface area contributed by atoms with Gasteiger partial charge in [-0.15, -0.1) is 0 Å². The summed E-state index contributed by atoms with van der Waals surface area (Å²) in [4.78, 5) is 2.94. The lowest BCUT2D eigenvalue weighted by Crippen LogP contribution is -2.64. The minimum absolute atomic E-state index is 0.0246. The predicted molar refractivity (Wildman–Crippen MR) is 333 cm³/mol. The van der Waals surface area contributed by atoms with E-state index in [0.717, 1.165) is 36.9 Å². The Balaban J connectivity index is 1.16. The van der Waals surface area contributed by atoms with Crippen molar-refractivity contribution in [1.29, 1.82) is 0 Å². The van der Waals surface area contributed by atoms with Crippen LogP contribution in [0.2, 0.25) is 0 Å². The minimum Gasteiger partial charge on any atom is -0.470 e. The fourth-order valence-electron chi connectivity index (χ4n) is 15.7. The average Bonchev–Trinajstić information content (AvgIpc) is 2.41. The largest absolute Gasteiger partial charge is 0.470 e. The molecule has 398 valence electrons. The van der Waals surface area contributed by atoms with E-state index in [0.29, 0.717) is 0 Å². The Morgan fingerprint density at radius 1 is 0.564 bits per heavy atom. The zero-order valence-electron chi connectivity index (χ0n) is 49.8. The smallest absolute Gasteiger partial charge is 0.292 e. The van der Waals surface area contributed by atoms with E-state index >= 15 is 0 Å². The van der Waals surface area contributed by atoms with Gasteiger partial charge in [-0.2, -0.15) is 0 Å². The normalized spacial score (nSPS) is 22.1. The van der Waals surface area contributed by atoms with Gasteiger partial charge in [-0.1, -0.05) is 225 Å². The third-order valence-electron chi connectivity index (χ3n) is 20.9. The van der Waals surface area contributed by atoms with Crippen molar-refractivity contribution in [3.8, 4) is 11.1 Å². The van der Waals surface area contributed by atoms with Crippen LogP contribution in [0.1, 0.15) is 221 Å². The quantitative estimate of drug-likeness (QED) is 0.154. The van der Waals surface area contributed by atoms with Gasteiger partial charge in [0.1, 0.15) is 5.58 Å². The van der Waals surface area contributed by atoms with Gasteiger partial charge in [0.05, 0.1) is 11.2 Å². The lowest BCUT2D eigenvalue weighted by atomic mass is 9.33. The molecule has 4 atom stereocenters. The molecule has 1 fully saturated rings. The van der Waals surface area contributed by atoms with Crippen molar-refractivity contribution in [2.45, 2.75) is 199 Å². The van der Waals surface area contributed by atoms with Gasteiger partial charge in [-0.05, 0) is 174 Å². The molecule has 78 heavy (non-hydrogen) atoms. The highest BCUT2D eigenvalue weighted by molar-refractivity contribution is 6.98. The monoisotopic (exact) mass is 1030 g/mol. The number of furan rings is 1. The van der Waals surface area contributed by atoms with Crippen LogP contribution < -0.4 is 21.5 Å². The second kappa shape index (κ2) is 17.2. The molecule has 5 aliphatic rings. The van der Waals surface area contributed by atoms with Crippen LogP contribution in [0.3, 0.4) is 0 Å². The molecular formula is C75H84BNO. The molecule has 0 N–H and O–H groups in total. The van der Waals surface area contributed by atoms with Crippen molar-refractivity contribution in [3.63, 3.8) is 0 Å². The number of anilines is 2. The molecule has 3 aliphatic heterocycles. The van der Waals surface area contributed by atoms with Crippen molar-refractivity contribution >= 4 is 45.6 Å². The molecule has 0 bridgehead atoms. The molecule has 0 radical (unpaired) electrons. The van der Waals surface area contributed by atoms with Crippen LogP contribution in [0.25, 0.3) is 22.1 Å². The summed E-state index contributed by atoms with van der Waals surface area (Å²) in [5, 5.41) is 1.29. The number of nitrogens with zero attached hydrogens (tertiary/aromatic N) is 1. The summed E-state index contributed by atoms with van der Waals surface area (Å²) in [5.74, 6) is 0.0508. The fraction of sp³-hybridized carbons (Fsp3) is 0.413. The topological polar surface area (TPSA) is 16.4 Å². The molecule has 1 saturated carbocycles. The molecule has 7 aromatic carbocycles. The first-order chi connectivity index (χ1) is 36.8. The Labute approximate surface area is 468 Å². The first-order valence-electron chi connectivity index (χ1n) is 29.9. The van der Waals surface area contributed by atoms with Crippen LogP contribution in [0.4, 0.5) is 11.4 Å². The first kappa shape index (κ1) is 51.4. The van der Waals surface area contributed by atoms with Crippen LogP contribution >= 0.6 is 0 Å². The minimum atomic E-state index is -0.143. The Hall–Kier alpha value is -6.06. The average molecular weight is 1030 g/mol. The number of benzene rings is 7. The van der Waals surface area contributed by atoms with Gasteiger partial charge in [0, 0.05) is 39.6 Å². The van der Waals surface area contributed by atoms with Crippen molar-refractivity contribution in [2.24, 2.45) is 0 Å². The summed E-state index contributed by atoms with van der Waals surface area (Å²) in [6.07, 6.45) is 8.00. The van der Waals surface area contributed by atoms with Gasteiger partial charge in [0.25, 0.3) is 6.71 Å². The van der Waals surface area contributed by atoms with E-state index in [-0.39, 0.29) is 56.6 Å².